The monoisotopic (exact) mass is 314 g/mol. The number of hydrogen-bond acceptors (Lipinski definition) is 5. The van der Waals surface area contributed by atoms with Gasteiger partial charge in [-0.15, -0.1) is 0 Å². The van der Waals surface area contributed by atoms with Crippen molar-refractivity contribution in [2.24, 2.45) is 5.41 Å². The van der Waals surface area contributed by atoms with Gasteiger partial charge in [-0.05, 0) is 33.1 Å². The van der Waals surface area contributed by atoms with Crippen molar-refractivity contribution in [3.05, 3.63) is 0 Å². The summed E-state index contributed by atoms with van der Waals surface area (Å²) in [7, 11) is 1.62. The first-order valence-corrected chi connectivity index (χ1v) is 8.20. The van der Waals surface area contributed by atoms with Gasteiger partial charge in [0.25, 0.3) is 0 Å². The van der Waals surface area contributed by atoms with Crippen LogP contribution in [0.15, 0.2) is 0 Å². The normalized spacial score (nSPS) is 26.2. The highest BCUT2D eigenvalue weighted by molar-refractivity contribution is 5.76. The molecule has 0 aliphatic carbocycles. The van der Waals surface area contributed by atoms with Crippen molar-refractivity contribution in [1.82, 2.24) is 0 Å². The second kappa shape index (κ2) is 7.95. The highest BCUT2D eigenvalue weighted by atomic mass is 16.6. The number of ether oxygens (including phenoxy) is 3. The van der Waals surface area contributed by atoms with Gasteiger partial charge in [-0.1, -0.05) is 13.8 Å². The smallest absolute Gasteiger partial charge is 0.312 e. The summed E-state index contributed by atoms with van der Waals surface area (Å²) in [6, 6.07) is 0. The Labute approximate surface area is 133 Å². The van der Waals surface area contributed by atoms with Gasteiger partial charge in [0, 0.05) is 33.0 Å². The molecule has 1 aliphatic heterocycles. The molecule has 22 heavy (non-hydrogen) atoms. The van der Waals surface area contributed by atoms with Crippen molar-refractivity contribution >= 4 is 11.9 Å². The van der Waals surface area contributed by atoms with E-state index in [1.165, 1.54) is 0 Å². The zero-order valence-electron chi connectivity index (χ0n) is 14.6. The summed E-state index contributed by atoms with van der Waals surface area (Å²) >= 11 is 0. The van der Waals surface area contributed by atoms with Gasteiger partial charge in [0.1, 0.15) is 11.7 Å². The van der Waals surface area contributed by atoms with E-state index >= 15 is 0 Å². The van der Waals surface area contributed by atoms with E-state index in [0.29, 0.717) is 38.7 Å². The predicted octanol–water partition coefficient (Wildman–Crippen LogP) is 3.25. The summed E-state index contributed by atoms with van der Waals surface area (Å²) in [4.78, 5) is 24.3. The van der Waals surface area contributed by atoms with Gasteiger partial charge in [-0.25, -0.2) is 0 Å². The van der Waals surface area contributed by atoms with Gasteiger partial charge < -0.3 is 14.2 Å². The molecule has 2 unspecified atom stereocenters. The molecule has 0 aromatic rings. The molecule has 5 heteroatoms. The molecule has 0 aromatic carbocycles. The Bertz CT molecular complexity index is 391. The number of methoxy groups -OCH3 is 1. The lowest BCUT2D eigenvalue weighted by Gasteiger charge is -2.36. The number of rotatable bonds is 7. The summed E-state index contributed by atoms with van der Waals surface area (Å²) in [6.07, 6.45) is 3.12. The molecule has 0 spiro atoms. The van der Waals surface area contributed by atoms with Crippen LogP contribution in [0.2, 0.25) is 0 Å². The fourth-order valence-electron chi connectivity index (χ4n) is 2.51. The number of esters is 2. The van der Waals surface area contributed by atoms with Crippen LogP contribution in [0.1, 0.15) is 66.2 Å². The van der Waals surface area contributed by atoms with E-state index in [4.69, 9.17) is 14.2 Å². The molecule has 0 bridgehead atoms. The van der Waals surface area contributed by atoms with E-state index in [9.17, 15) is 9.59 Å². The number of carbonyl (C=O) groups is 2. The van der Waals surface area contributed by atoms with Crippen LogP contribution in [0.4, 0.5) is 0 Å². The Morgan fingerprint density at radius 3 is 2.64 bits per heavy atom. The molecule has 2 atom stereocenters. The lowest BCUT2D eigenvalue weighted by molar-refractivity contribution is -0.174. The summed E-state index contributed by atoms with van der Waals surface area (Å²) in [5.41, 5.74) is -1.13. The van der Waals surface area contributed by atoms with Gasteiger partial charge in [-0.3, -0.25) is 9.59 Å². The van der Waals surface area contributed by atoms with Crippen LogP contribution in [0, 0.1) is 5.41 Å². The molecule has 1 rings (SSSR count). The van der Waals surface area contributed by atoms with Gasteiger partial charge in [0.2, 0.25) is 0 Å². The number of carbonyl (C=O) groups excluding carboxylic acids is 2. The maximum absolute atomic E-state index is 12.5. The molecule has 1 fully saturated rings. The molecule has 1 saturated heterocycles. The number of cyclic esters (lactones) is 1. The second-order valence-electron chi connectivity index (χ2n) is 6.76. The van der Waals surface area contributed by atoms with Crippen molar-refractivity contribution in [3.8, 4) is 0 Å². The molecule has 0 N–H and O–H groups in total. The van der Waals surface area contributed by atoms with Crippen LogP contribution in [-0.4, -0.2) is 37.4 Å². The average Bonchev–Trinajstić information content (AvgIpc) is 2.65. The Morgan fingerprint density at radius 1 is 1.41 bits per heavy atom. The van der Waals surface area contributed by atoms with Gasteiger partial charge in [0.05, 0.1) is 5.41 Å². The van der Waals surface area contributed by atoms with E-state index in [2.05, 4.69) is 0 Å². The highest BCUT2D eigenvalue weighted by Gasteiger charge is 2.42. The minimum absolute atomic E-state index is 0.198. The zero-order valence-corrected chi connectivity index (χ0v) is 14.6. The van der Waals surface area contributed by atoms with E-state index in [1.54, 1.807) is 7.11 Å². The van der Waals surface area contributed by atoms with Crippen LogP contribution in [-0.2, 0) is 23.8 Å². The summed E-state index contributed by atoms with van der Waals surface area (Å²) in [6.45, 7) is 8.27. The Kier molecular flexibility index (Phi) is 6.85. The minimum Gasteiger partial charge on any atom is -0.462 e. The van der Waals surface area contributed by atoms with Crippen LogP contribution in [0.3, 0.4) is 0 Å². The first kappa shape index (κ1) is 18.9. The average molecular weight is 314 g/mol. The second-order valence-corrected chi connectivity index (χ2v) is 6.76. The van der Waals surface area contributed by atoms with Crippen molar-refractivity contribution in [3.63, 3.8) is 0 Å². The Balaban J connectivity index is 2.88. The molecular formula is C17H30O5. The van der Waals surface area contributed by atoms with Crippen LogP contribution < -0.4 is 0 Å². The topological polar surface area (TPSA) is 61.8 Å². The molecule has 0 radical (unpaired) electrons. The molecule has 5 nitrogen and oxygen atoms in total. The third kappa shape index (κ3) is 4.97. The predicted molar refractivity (Wildman–Crippen MR) is 83.4 cm³/mol. The largest absolute Gasteiger partial charge is 0.462 e. The van der Waals surface area contributed by atoms with Gasteiger partial charge in [0.15, 0.2) is 0 Å². The molecule has 1 aliphatic rings. The molecule has 0 saturated carbocycles. The van der Waals surface area contributed by atoms with E-state index < -0.39 is 11.0 Å². The minimum atomic E-state index is -0.617. The Hall–Kier alpha value is -1.10. The van der Waals surface area contributed by atoms with Crippen molar-refractivity contribution in [1.29, 1.82) is 0 Å². The van der Waals surface area contributed by atoms with Crippen molar-refractivity contribution in [2.45, 2.75) is 77.9 Å². The molecular weight excluding hydrogens is 284 g/mol. The summed E-state index contributed by atoms with van der Waals surface area (Å²) in [5.74, 6) is -0.418. The maximum Gasteiger partial charge on any atom is 0.312 e. The van der Waals surface area contributed by atoms with E-state index in [1.807, 2.05) is 27.7 Å². The third-order valence-electron chi connectivity index (χ3n) is 4.72. The zero-order chi connectivity index (χ0) is 16.8. The fourth-order valence-corrected chi connectivity index (χ4v) is 2.51. The lowest BCUT2D eigenvalue weighted by atomic mass is 9.86. The summed E-state index contributed by atoms with van der Waals surface area (Å²) < 4.78 is 16.4. The van der Waals surface area contributed by atoms with Gasteiger partial charge >= 0.3 is 11.9 Å². The molecule has 1 heterocycles. The first-order chi connectivity index (χ1) is 10.3. The summed E-state index contributed by atoms with van der Waals surface area (Å²) in [5, 5.41) is 0. The highest BCUT2D eigenvalue weighted by Crippen LogP contribution is 2.36. The first-order valence-electron chi connectivity index (χ1n) is 8.20. The molecule has 128 valence electrons. The third-order valence-corrected chi connectivity index (χ3v) is 4.72. The Morgan fingerprint density at radius 2 is 2.09 bits per heavy atom. The van der Waals surface area contributed by atoms with E-state index in [0.717, 1.165) is 0 Å². The molecule has 0 aromatic heterocycles. The fraction of sp³-hybridized carbons (Fsp3) is 0.882. The quantitative estimate of drug-likeness (QED) is 0.675. The van der Waals surface area contributed by atoms with Gasteiger partial charge in [-0.2, -0.15) is 0 Å². The van der Waals surface area contributed by atoms with Crippen molar-refractivity contribution in [2.75, 3.05) is 13.7 Å². The van der Waals surface area contributed by atoms with E-state index in [-0.39, 0.29) is 24.5 Å². The number of hydrogen-bond donors (Lipinski definition) is 0. The standard InChI is InChI=1S/C17H30O5/c1-6-16(3,4)15(19)22-17(7-2)10-8-14(18)21-13(12-17)9-11-20-5/h13H,6-12H2,1-5H3. The van der Waals surface area contributed by atoms with Crippen LogP contribution >= 0.6 is 0 Å². The molecule has 0 amide bonds. The van der Waals surface area contributed by atoms with Crippen molar-refractivity contribution < 1.29 is 23.8 Å². The SMILES string of the molecule is CCC1(OC(=O)C(C)(C)CC)CCC(=O)OC(CCOC)C1. The maximum atomic E-state index is 12.5. The lowest BCUT2D eigenvalue weighted by Crippen LogP contribution is -2.41. The van der Waals surface area contributed by atoms with Crippen LogP contribution in [0.5, 0.6) is 0 Å². The van der Waals surface area contributed by atoms with Crippen LogP contribution in [0.25, 0.3) is 0 Å².